The summed E-state index contributed by atoms with van der Waals surface area (Å²) < 4.78 is 13.3. The van der Waals surface area contributed by atoms with Gasteiger partial charge >= 0.3 is 0 Å². The van der Waals surface area contributed by atoms with E-state index in [9.17, 15) is 4.39 Å². The lowest BCUT2D eigenvalue weighted by Gasteiger charge is -2.08. The van der Waals surface area contributed by atoms with Crippen LogP contribution in [0, 0.1) is 0 Å². The molecule has 0 unspecified atom stereocenters. The Hall–Kier alpha value is -0.480. The molecule has 4 heteroatoms. The first-order chi connectivity index (χ1) is 5.54. The summed E-state index contributed by atoms with van der Waals surface area (Å²) >= 11 is 1.40. The molecule has 1 aromatic heterocycles. The van der Waals surface area contributed by atoms with Crippen LogP contribution in [0.25, 0.3) is 0 Å². The van der Waals surface area contributed by atoms with E-state index in [0.29, 0.717) is 11.6 Å². The van der Waals surface area contributed by atoms with Crippen LogP contribution < -0.4 is 5.73 Å². The predicted molar refractivity (Wildman–Crippen MR) is 49.0 cm³/mol. The molecule has 0 fully saturated rings. The second-order valence-electron chi connectivity index (χ2n) is 3.14. The van der Waals surface area contributed by atoms with Crippen molar-refractivity contribution in [2.75, 3.05) is 6.54 Å². The lowest BCUT2D eigenvalue weighted by Crippen LogP contribution is -2.07. The van der Waals surface area contributed by atoms with Gasteiger partial charge in [0.1, 0.15) is 5.01 Å². The van der Waals surface area contributed by atoms with Gasteiger partial charge in [0.25, 0.3) is 0 Å². The molecule has 0 atom stereocenters. The molecule has 2 nitrogen and oxygen atoms in total. The van der Waals surface area contributed by atoms with Gasteiger partial charge in [0.05, 0.1) is 0 Å². The van der Waals surface area contributed by atoms with E-state index in [4.69, 9.17) is 5.73 Å². The van der Waals surface area contributed by atoms with Crippen LogP contribution in [-0.4, -0.2) is 11.5 Å². The van der Waals surface area contributed by atoms with Crippen molar-refractivity contribution in [3.8, 4) is 0 Å². The Morgan fingerprint density at radius 2 is 2.33 bits per heavy atom. The fraction of sp³-hybridized carbons (Fsp3) is 0.625. The number of aromatic nitrogens is 1. The van der Waals surface area contributed by atoms with Crippen LogP contribution in [-0.2, 0) is 12.1 Å². The van der Waals surface area contributed by atoms with Gasteiger partial charge < -0.3 is 5.73 Å². The quantitative estimate of drug-likeness (QED) is 0.786. The zero-order valence-corrected chi connectivity index (χ0v) is 8.12. The third-order valence-electron chi connectivity index (χ3n) is 1.45. The molecule has 12 heavy (non-hydrogen) atoms. The minimum absolute atomic E-state index is 0.533. The molecule has 68 valence electrons. The van der Waals surface area contributed by atoms with Gasteiger partial charge in [-0.05, 0) is 26.8 Å². The first-order valence-corrected chi connectivity index (χ1v) is 4.70. The largest absolute Gasteiger partial charge is 0.330 e. The van der Waals surface area contributed by atoms with Crippen molar-refractivity contribution in [3.05, 3.63) is 16.1 Å². The molecule has 0 amide bonds. The number of thiazole rings is 1. The van der Waals surface area contributed by atoms with Crippen molar-refractivity contribution >= 4 is 11.3 Å². The maximum atomic E-state index is 13.3. The van der Waals surface area contributed by atoms with Crippen LogP contribution in [0.1, 0.15) is 23.7 Å². The normalized spacial score (nSPS) is 12.0. The molecule has 1 heterocycles. The summed E-state index contributed by atoms with van der Waals surface area (Å²) in [6.07, 6.45) is 2.49. The highest BCUT2D eigenvalue weighted by molar-refractivity contribution is 7.11. The van der Waals surface area contributed by atoms with Crippen molar-refractivity contribution < 1.29 is 4.39 Å². The topological polar surface area (TPSA) is 38.9 Å². The van der Waals surface area contributed by atoms with E-state index < -0.39 is 5.67 Å². The van der Waals surface area contributed by atoms with Gasteiger partial charge in [-0.1, -0.05) is 0 Å². The van der Waals surface area contributed by atoms with Gasteiger partial charge in [-0.2, -0.15) is 0 Å². The Bertz CT molecular complexity index is 252. The van der Waals surface area contributed by atoms with Crippen molar-refractivity contribution in [3.63, 3.8) is 0 Å². The average molecular weight is 188 g/mol. The number of alkyl halides is 1. The number of nitrogens with two attached hydrogens (primary N) is 1. The van der Waals surface area contributed by atoms with Crippen LogP contribution in [0.2, 0.25) is 0 Å². The molecule has 0 bridgehead atoms. The summed E-state index contributed by atoms with van der Waals surface area (Å²) in [5.74, 6) is 0. The van der Waals surface area contributed by atoms with Crippen molar-refractivity contribution in [2.45, 2.75) is 25.9 Å². The SMILES string of the molecule is CC(C)(F)c1ncc(CCN)s1. The van der Waals surface area contributed by atoms with E-state index in [1.807, 2.05) is 0 Å². The number of hydrogen-bond donors (Lipinski definition) is 1. The molecule has 0 saturated carbocycles. The van der Waals surface area contributed by atoms with E-state index in [2.05, 4.69) is 4.98 Å². The summed E-state index contributed by atoms with van der Waals surface area (Å²) in [5.41, 5.74) is 4.04. The Balaban J connectivity index is 2.77. The molecule has 0 spiro atoms. The molecule has 0 aliphatic heterocycles. The maximum Gasteiger partial charge on any atom is 0.156 e. The minimum atomic E-state index is -1.32. The summed E-state index contributed by atoms with van der Waals surface area (Å²) in [6.45, 7) is 3.62. The minimum Gasteiger partial charge on any atom is -0.330 e. The summed E-state index contributed by atoms with van der Waals surface area (Å²) in [5, 5.41) is 0.533. The monoisotopic (exact) mass is 188 g/mol. The molecule has 1 rings (SSSR count). The van der Waals surface area contributed by atoms with Gasteiger partial charge in [0.2, 0.25) is 0 Å². The van der Waals surface area contributed by atoms with Gasteiger partial charge in [-0.25, -0.2) is 9.37 Å². The second-order valence-corrected chi connectivity index (χ2v) is 4.26. The molecule has 2 N–H and O–H groups in total. The smallest absolute Gasteiger partial charge is 0.156 e. The van der Waals surface area contributed by atoms with Crippen molar-refractivity contribution in [2.24, 2.45) is 5.73 Å². The second kappa shape index (κ2) is 3.49. The van der Waals surface area contributed by atoms with Crippen molar-refractivity contribution in [1.82, 2.24) is 4.98 Å². The molecule has 0 saturated heterocycles. The summed E-state index contributed by atoms with van der Waals surface area (Å²) in [6, 6.07) is 0. The highest BCUT2D eigenvalue weighted by atomic mass is 32.1. The number of rotatable bonds is 3. The third-order valence-corrected chi connectivity index (χ3v) is 2.81. The lowest BCUT2D eigenvalue weighted by molar-refractivity contribution is 0.220. The summed E-state index contributed by atoms with van der Waals surface area (Å²) in [7, 11) is 0. The summed E-state index contributed by atoms with van der Waals surface area (Å²) in [4.78, 5) is 5.05. The van der Waals surface area contributed by atoms with E-state index >= 15 is 0 Å². The van der Waals surface area contributed by atoms with Crippen LogP contribution in [0.3, 0.4) is 0 Å². The van der Waals surface area contributed by atoms with Crippen LogP contribution >= 0.6 is 11.3 Å². The number of hydrogen-bond acceptors (Lipinski definition) is 3. The molecule has 0 aliphatic rings. The van der Waals surface area contributed by atoms with Gasteiger partial charge in [0.15, 0.2) is 5.67 Å². The van der Waals surface area contributed by atoms with E-state index in [0.717, 1.165) is 11.3 Å². The lowest BCUT2D eigenvalue weighted by atomic mass is 10.2. The van der Waals surface area contributed by atoms with Gasteiger partial charge in [-0.15, -0.1) is 11.3 Å². The van der Waals surface area contributed by atoms with Crippen molar-refractivity contribution in [1.29, 1.82) is 0 Å². The van der Waals surface area contributed by atoms with Crippen LogP contribution in [0.4, 0.5) is 4.39 Å². The number of halogens is 1. The van der Waals surface area contributed by atoms with E-state index in [1.54, 1.807) is 6.20 Å². The maximum absolute atomic E-state index is 13.3. The van der Waals surface area contributed by atoms with Crippen LogP contribution in [0.15, 0.2) is 6.20 Å². The fourth-order valence-corrected chi connectivity index (χ4v) is 1.76. The predicted octanol–water partition coefficient (Wildman–Crippen LogP) is 1.85. The third kappa shape index (κ3) is 2.25. The highest BCUT2D eigenvalue weighted by Gasteiger charge is 2.22. The Kier molecular flexibility index (Phi) is 2.80. The average Bonchev–Trinajstić information content (AvgIpc) is 2.35. The first kappa shape index (κ1) is 9.61. The molecular formula is C8H13FN2S. The molecule has 0 aliphatic carbocycles. The Labute approximate surface area is 75.6 Å². The fourth-order valence-electron chi connectivity index (χ4n) is 0.840. The molecule has 0 radical (unpaired) electrons. The van der Waals surface area contributed by atoms with Gasteiger partial charge in [-0.3, -0.25) is 0 Å². The molecule has 0 aromatic carbocycles. The van der Waals surface area contributed by atoms with E-state index in [1.165, 1.54) is 25.2 Å². The molecule has 1 aromatic rings. The Morgan fingerprint density at radius 3 is 2.75 bits per heavy atom. The highest BCUT2D eigenvalue weighted by Crippen LogP contribution is 2.28. The number of nitrogens with zero attached hydrogens (tertiary/aromatic N) is 1. The van der Waals surface area contributed by atoms with E-state index in [-0.39, 0.29) is 0 Å². The Morgan fingerprint density at radius 1 is 1.67 bits per heavy atom. The van der Waals surface area contributed by atoms with Gasteiger partial charge in [0, 0.05) is 11.1 Å². The zero-order chi connectivity index (χ0) is 9.19. The molecular weight excluding hydrogens is 175 g/mol. The first-order valence-electron chi connectivity index (χ1n) is 3.88. The zero-order valence-electron chi connectivity index (χ0n) is 7.30. The standard InChI is InChI=1S/C8H13FN2S/c1-8(2,9)7-11-5-6(12-7)3-4-10/h5H,3-4,10H2,1-2H3. The van der Waals surface area contributed by atoms with Crippen LogP contribution in [0.5, 0.6) is 0 Å².